The molecule has 7 heteroatoms. The highest BCUT2D eigenvalue weighted by Crippen LogP contribution is 2.25. The van der Waals surface area contributed by atoms with Crippen LogP contribution in [0.25, 0.3) is 0 Å². The van der Waals surface area contributed by atoms with E-state index in [1.54, 1.807) is 13.3 Å². The van der Waals surface area contributed by atoms with E-state index in [1.165, 1.54) is 4.68 Å². The molecule has 1 fully saturated rings. The van der Waals surface area contributed by atoms with Crippen molar-refractivity contribution in [3.05, 3.63) is 18.0 Å². The van der Waals surface area contributed by atoms with E-state index in [1.807, 2.05) is 11.0 Å². The topological polar surface area (TPSA) is 84.7 Å². The molecule has 116 valence electrons. The van der Waals surface area contributed by atoms with Gasteiger partial charge in [-0.2, -0.15) is 5.10 Å². The summed E-state index contributed by atoms with van der Waals surface area (Å²) in [6.45, 7) is 1.72. The summed E-state index contributed by atoms with van der Waals surface area (Å²) >= 11 is 0. The Morgan fingerprint density at radius 3 is 3.05 bits per heavy atom. The summed E-state index contributed by atoms with van der Waals surface area (Å²) in [6.07, 6.45) is 3.99. The van der Waals surface area contributed by atoms with Crippen LogP contribution in [0.4, 0.5) is 0 Å². The molecule has 7 nitrogen and oxygen atoms in total. The fourth-order valence-corrected chi connectivity index (χ4v) is 2.61. The average molecular weight is 295 g/mol. The first-order valence-corrected chi connectivity index (χ1v) is 7.12. The monoisotopic (exact) mass is 295 g/mol. The Hall–Kier alpha value is -1.89. The van der Waals surface area contributed by atoms with Crippen LogP contribution in [-0.2, 0) is 20.9 Å². The lowest BCUT2D eigenvalue weighted by atomic mass is 9.95. The Labute approximate surface area is 123 Å². The third-order valence-corrected chi connectivity index (χ3v) is 3.67. The van der Waals surface area contributed by atoms with Crippen LogP contribution in [0, 0.1) is 0 Å². The third-order valence-electron chi connectivity index (χ3n) is 3.67. The predicted molar refractivity (Wildman–Crippen MR) is 74.9 cm³/mol. The fourth-order valence-electron chi connectivity index (χ4n) is 2.61. The highest BCUT2D eigenvalue weighted by Gasteiger charge is 2.26. The molecule has 0 bridgehead atoms. The van der Waals surface area contributed by atoms with Crippen LogP contribution in [0.1, 0.15) is 30.9 Å². The number of aromatic nitrogens is 2. The summed E-state index contributed by atoms with van der Waals surface area (Å²) < 4.78 is 6.36. The number of amides is 1. The van der Waals surface area contributed by atoms with E-state index in [0.717, 1.165) is 25.1 Å². The number of rotatable bonds is 6. The van der Waals surface area contributed by atoms with Crippen molar-refractivity contribution in [1.29, 1.82) is 0 Å². The number of piperidine rings is 1. The van der Waals surface area contributed by atoms with E-state index in [4.69, 9.17) is 9.84 Å². The summed E-state index contributed by atoms with van der Waals surface area (Å²) in [5, 5.41) is 13.1. The number of carbonyl (C=O) groups is 2. The van der Waals surface area contributed by atoms with Gasteiger partial charge >= 0.3 is 5.97 Å². The van der Waals surface area contributed by atoms with E-state index < -0.39 is 5.97 Å². The Morgan fingerprint density at radius 2 is 2.33 bits per heavy atom. The van der Waals surface area contributed by atoms with E-state index in [2.05, 4.69) is 5.10 Å². The molecule has 0 aliphatic carbocycles. The zero-order chi connectivity index (χ0) is 15.2. The summed E-state index contributed by atoms with van der Waals surface area (Å²) in [7, 11) is 1.58. The van der Waals surface area contributed by atoms with Gasteiger partial charge < -0.3 is 14.7 Å². The SMILES string of the molecule is COCCC(=O)N1CCC[C@@H](c2ccn(CC(=O)O)n2)C1. The second kappa shape index (κ2) is 7.21. The lowest BCUT2D eigenvalue weighted by Gasteiger charge is -2.32. The van der Waals surface area contributed by atoms with Gasteiger partial charge in [-0.05, 0) is 18.9 Å². The lowest BCUT2D eigenvalue weighted by Crippen LogP contribution is -2.39. The molecule has 0 spiro atoms. The zero-order valence-electron chi connectivity index (χ0n) is 12.2. The van der Waals surface area contributed by atoms with E-state index in [9.17, 15) is 9.59 Å². The molecule has 1 aromatic rings. The fraction of sp³-hybridized carbons (Fsp3) is 0.643. The van der Waals surface area contributed by atoms with Crippen LogP contribution in [-0.4, -0.2) is 58.5 Å². The molecule has 1 aliphatic heterocycles. The molecule has 1 atom stereocenters. The zero-order valence-corrected chi connectivity index (χ0v) is 12.2. The van der Waals surface area contributed by atoms with Crippen LogP contribution in [0.15, 0.2) is 12.3 Å². The first kappa shape index (κ1) is 15.5. The summed E-state index contributed by atoms with van der Waals surface area (Å²) in [6, 6.07) is 1.84. The average Bonchev–Trinajstić information content (AvgIpc) is 2.92. The van der Waals surface area contributed by atoms with Gasteiger partial charge in [-0.25, -0.2) is 0 Å². The van der Waals surface area contributed by atoms with E-state index >= 15 is 0 Å². The van der Waals surface area contributed by atoms with Crippen molar-refractivity contribution in [2.45, 2.75) is 31.7 Å². The van der Waals surface area contributed by atoms with Crippen LogP contribution in [0.2, 0.25) is 0 Å². The molecule has 1 aliphatic rings. The Bertz CT molecular complexity index is 500. The van der Waals surface area contributed by atoms with Crippen molar-refractivity contribution in [2.24, 2.45) is 0 Å². The summed E-state index contributed by atoms with van der Waals surface area (Å²) in [5.41, 5.74) is 0.862. The Balaban J connectivity index is 1.95. The number of carboxylic acid groups (broad SMARTS) is 1. The van der Waals surface area contributed by atoms with Gasteiger partial charge in [0.1, 0.15) is 6.54 Å². The van der Waals surface area contributed by atoms with Gasteiger partial charge in [-0.15, -0.1) is 0 Å². The first-order valence-electron chi connectivity index (χ1n) is 7.12. The maximum absolute atomic E-state index is 12.0. The number of carbonyl (C=O) groups excluding carboxylic acids is 1. The molecule has 1 amide bonds. The summed E-state index contributed by atoms with van der Waals surface area (Å²) in [5.74, 6) is -0.628. The molecular weight excluding hydrogens is 274 g/mol. The van der Waals surface area contributed by atoms with Crippen LogP contribution in [0.5, 0.6) is 0 Å². The van der Waals surface area contributed by atoms with Gasteiger partial charge in [0.15, 0.2) is 0 Å². The predicted octanol–water partition coefficient (Wildman–Crippen LogP) is 0.710. The minimum atomic E-state index is -0.912. The van der Waals surface area contributed by atoms with Crippen LogP contribution in [0.3, 0.4) is 0 Å². The Kier molecular flexibility index (Phi) is 5.32. The standard InChI is InChI=1S/C14H21N3O4/c1-21-8-5-13(18)16-6-2-3-11(9-16)12-4-7-17(15-12)10-14(19)20/h4,7,11H,2-3,5-6,8-10H2,1H3,(H,19,20)/t11-/m1/s1. The highest BCUT2D eigenvalue weighted by atomic mass is 16.5. The lowest BCUT2D eigenvalue weighted by molar-refractivity contribution is -0.138. The Morgan fingerprint density at radius 1 is 1.52 bits per heavy atom. The minimum absolute atomic E-state index is 0.103. The van der Waals surface area contributed by atoms with Gasteiger partial charge in [-0.3, -0.25) is 14.3 Å². The van der Waals surface area contributed by atoms with Crippen LogP contribution < -0.4 is 0 Å². The van der Waals surface area contributed by atoms with Crippen LogP contribution >= 0.6 is 0 Å². The van der Waals surface area contributed by atoms with Gasteiger partial charge in [0, 0.05) is 32.3 Å². The number of hydrogen-bond donors (Lipinski definition) is 1. The molecule has 0 aromatic carbocycles. The molecule has 2 heterocycles. The molecule has 2 rings (SSSR count). The smallest absolute Gasteiger partial charge is 0.325 e. The number of aliphatic carboxylic acids is 1. The molecule has 1 saturated heterocycles. The van der Waals surface area contributed by atoms with Crippen molar-refractivity contribution in [3.8, 4) is 0 Å². The molecule has 0 saturated carbocycles. The summed E-state index contributed by atoms with van der Waals surface area (Å²) in [4.78, 5) is 24.5. The van der Waals surface area contributed by atoms with Crippen molar-refractivity contribution >= 4 is 11.9 Å². The number of hydrogen-bond acceptors (Lipinski definition) is 4. The van der Waals surface area contributed by atoms with Gasteiger partial charge in [-0.1, -0.05) is 0 Å². The number of ether oxygens (including phenoxy) is 1. The van der Waals surface area contributed by atoms with Crippen molar-refractivity contribution < 1.29 is 19.4 Å². The molecule has 0 radical (unpaired) electrons. The molecular formula is C14H21N3O4. The highest BCUT2D eigenvalue weighted by molar-refractivity contribution is 5.76. The number of nitrogens with zero attached hydrogens (tertiary/aromatic N) is 3. The first-order chi connectivity index (χ1) is 10.1. The van der Waals surface area contributed by atoms with Crippen molar-refractivity contribution in [3.63, 3.8) is 0 Å². The molecule has 0 unspecified atom stereocenters. The molecule has 1 aromatic heterocycles. The second-order valence-electron chi connectivity index (χ2n) is 5.25. The maximum atomic E-state index is 12.0. The number of carboxylic acids is 1. The normalized spacial score (nSPS) is 18.7. The number of likely N-dealkylation sites (tertiary alicyclic amines) is 1. The third kappa shape index (κ3) is 4.29. The van der Waals surface area contributed by atoms with Crippen molar-refractivity contribution in [2.75, 3.05) is 26.8 Å². The minimum Gasteiger partial charge on any atom is -0.480 e. The van der Waals surface area contributed by atoms with Gasteiger partial charge in [0.25, 0.3) is 0 Å². The molecule has 21 heavy (non-hydrogen) atoms. The van der Waals surface area contributed by atoms with Gasteiger partial charge in [0.05, 0.1) is 18.7 Å². The molecule has 1 N–H and O–H groups in total. The quantitative estimate of drug-likeness (QED) is 0.835. The van der Waals surface area contributed by atoms with Crippen molar-refractivity contribution in [1.82, 2.24) is 14.7 Å². The largest absolute Gasteiger partial charge is 0.480 e. The number of methoxy groups -OCH3 is 1. The van der Waals surface area contributed by atoms with Gasteiger partial charge in [0.2, 0.25) is 5.91 Å². The van der Waals surface area contributed by atoms with E-state index in [0.29, 0.717) is 19.6 Å². The van der Waals surface area contributed by atoms with E-state index in [-0.39, 0.29) is 18.4 Å². The second-order valence-corrected chi connectivity index (χ2v) is 5.25. The maximum Gasteiger partial charge on any atom is 0.325 e.